The van der Waals surface area contributed by atoms with Crippen LogP contribution in [0.15, 0.2) is 4.99 Å². The van der Waals surface area contributed by atoms with Gasteiger partial charge in [0, 0.05) is 24.4 Å². The fraction of sp³-hybridized carbons (Fsp3) is 0.529. The first-order chi connectivity index (χ1) is 12.6. The van der Waals surface area contributed by atoms with Gasteiger partial charge < -0.3 is 10.1 Å². The fourth-order valence-corrected chi connectivity index (χ4v) is 6.01. The molecule has 1 aromatic rings. The fourth-order valence-electron chi connectivity index (χ4n) is 3.53. The summed E-state index contributed by atoms with van der Waals surface area (Å²) in [6, 6.07) is 0. The Morgan fingerprint density at radius 1 is 1.35 bits per heavy atom. The summed E-state index contributed by atoms with van der Waals surface area (Å²) in [5.41, 5.74) is 1.47. The van der Waals surface area contributed by atoms with Crippen molar-refractivity contribution in [3.05, 3.63) is 16.0 Å². The molecule has 2 aliphatic heterocycles. The highest BCUT2D eigenvalue weighted by atomic mass is 32.2. The minimum atomic E-state index is -0.444. The van der Waals surface area contributed by atoms with E-state index < -0.39 is 11.2 Å². The van der Waals surface area contributed by atoms with Crippen LogP contribution in [0.1, 0.15) is 40.1 Å². The topological polar surface area (TPSA) is 88.1 Å². The molecular formula is C17H19N3O4S2. The molecule has 1 fully saturated rings. The second kappa shape index (κ2) is 7.03. The van der Waals surface area contributed by atoms with Gasteiger partial charge in [0.05, 0.1) is 12.7 Å². The number of methoxy groups -OCH3 is 1. The summed E-state index contributed by atoms with van der Waals surface area (Å²) in [6.07, 6.45) is 3.70. The van der Waals surface area contributed by atoms with Crippen LogP contribution in [0.2, 0.25) is 0 Å². The third kappa shape index (κ3) is 3.03. The molecule has 1 aliphatic carbocycles. The average Bonchev–Trinajstić information content (AvgIpc) is 3.29. The van der Waals surface area contributed by atoms with Gasteiger partial charge in [0.1, 0.15) is 10.3 Å². The number of aliphatic imine (C=N–C) groups is 1. The predicted molar refractivity (Wildman–Crippen MR) is 101 cm³/mol. The van der Waals surface area contributed by atoms with E-state index in [-0.39, 0.29) is 18.2 Å². The molecule has 2 amide bonds. The smallest absolute Gasteiger partial charge is 0.341 e. The van der Waals surface area contributed by atoms with Crippen LogP contribution in [-0.4, -0.2) is 53.3 Å². The van der Waals surface area contributed by atoms with Gasteiger partial charge in [-0.15, -0.1) is 11.3 Å². The number of hydrogen-bond acceptors (Lipinski definition) is 7. The first kappa shape index (κ1) is 17.5. The molecule has 3 heterocycles. The van der Waals surface area contributed by atoms with Crippen molar-refractivity contribution in [3.8, 4) is 0 Å². The van der Waals surface area contributed by atoms with Crippen LogP contribution < -0.4 is 5.32 Å². The monoisotopic (exact) mass is 393 g/mol. The summed E-state index contributed by atoms with van der Waals surface area (Å²) in [6.45, 7) is 1.40. The molecule has 138 valence electrons. The lowest BCUT2D eigenvalue weighted by Gasteiger charge is -2.19. The standard InChI is InChI=1S/C17H19N3O4S2/c1-24-16(23)13-9-4-2-5-10(9)25-14(13)19-12(21)8-11-15(22)20-7-3-6-18-17(20)26-11/h11H,2-8H2,1H3,(H,19,21). The Hall–Kier alpha value is -1.87. The van der Waals surface area contributed by atoms with E-state index in [0.29, 0.717) is 17.1 Å². The van der Waals surface area contributed by atoms with Gasteiger partial charge in [-0.1, -0.05) is 11.8 Å². The first-order valence-corrected chi connectivity index (χ1v) is 10.3. The minimum Gasteiger partial charge on any atom is -0.465 e. The highest BCUT2D eigenvalue weighted by molar-refractivity contribution is 8.15. The molecule has 1 aromatic heterocycles. The zero-order chi connectivity index (χ0) is 18.3. The number of fused-ring (bicyclic) bond motifs is 2. The van der Waals surface area contributed by atoms with Crippen LogP contribution >= 0.6 is 23.1 Å². The van der Waals surface area contributed by atoms with Crippen molar-refractivity contribution in [2.45, 2.75) is 37.4 Å². The maximum absolute atomic E-state index is 12.5. The van der Waals surface area contributed by atoms with Crippen LogP contribution in [0, 0.1) is 0 Å². The van der Waals surface area contributed by atoms with E-state index in [0.717, 1.165) is 47.8 Å². The van der Waals surface area contributed by atoms with Gasteiger partial charge in [-0.25, -0.2) is 4.79 Å². The molecule has 1 atom stereocenters. The first-order valence-electron chi connectivity index (χ1n) is 8.63. The highest BCUT2D eigenvalue weighted by Crippen LogP contribution is 2.40. The summed E-state index contributed by atoms with van der Waals surface area (Å²) >= 11 is 2.80. The Kier molecular flexibility index (Phi) is 4.74. The van der Waals surface area contributed by atoms with E-state index in [1.165, 1.54) is 30.2 Å². The molecule has 9 heteroatoms. The molecule has 0 aromatic carbocycles. The molecule has 0 saturated carbocycles. The number of thiophene rings is 1. The van der Waals surface area contributed by atoms with Gasteiger partial charge in [0.2, 0.25) is 11.8 Å². The summed E-state index contributed by atoms with van der Waals surface area (Å²) in [5, 5.41) is 3.66. The molecule has 3 aliphatic rings. The van der Waals surface area contributed by atoms with Crippen molar-refractivity contribution in [1.82, 2.24) is 4.90 Å². The number of carbonyl (C=O) groups is 3. The normalized spacial score (nSPS) is 21.3. The number of hydrogen-bond donors (Lipinski definition) is 1. The Labute approximate surface area is 159 Å². The maximum atomic E-state index is 12.5. The van der Waals surface area contributed by atoms with Crippen LogP contribution in [0.25, 0.3) is 0 Å². The quantitative estimate of drug-likeness (QED) is 0.791. The van der Waals surface area contributed by atoms with E-state index in [1.807, 2.05) is 0 Å². The number of carbonyl (C=O) groups excluding carboxylic acids is 3. The number of nitrogens with one attached hydrogen (secondary N) is 1. The van der Waals surface area contributed by atoms with E-state index in [4.69, 9.17) is 4.74 Å². The average molecular weight is 393 g/mol. The Bertz CT molecular complexity index is 817. The zero-order valence-corrected chi connectivity index (χ0v) is 16.0. The Balaban J connectivity index is 1.48. The zero-order valence-electron chi connectivity index (χ0n) is 14.4. The minimum absolute atomic E-state index is 0.0505. The SMILES string of the molecule is COC(=O)c1c(NC(=O)CC2SC3=NCCCN3C2=O)sc2c1CCC2. The van der Waals surface area contributed by atoms with E-state index >= 15 is 0 Å². The van der Waals surface area contributed by atoms with Gasteiger partial charge in [-0.05, 0) is 31.2 Å². The third-order valence-electron chi connectivity index (χ3n) is 4.74. The number of amides is 2. The molecular weight excluding hydrogens is 374 g/mol. The second-order valence-electron chi connectivity index (χ2n) is 6.42. The Morgan fingerprint density at radius 3 is 2.96 bits per heavy atom. The summed E-state index contributed by atoms with van der Waals surface area (Å²) in [5.74, 6) is -0.732. The van der Waals surface area contributed by atoms with Gasteiger partial charge in [0.25, 0.3) is 0 Å². The van der Waals surface area contributed by atoms with Crippen LogP contribution in [-0.2, 0) is 27.2 Å². The van der Waals surface area contributed by atoms with E-state index in [2.05, 4.69) is 10.3 Å². The summed E-state index contributed by atoms with van der Waals surface area (Å²) in [7, 11) is 1.34. The third-order valence-corrected chi connectivity index (χ3v) is 7.16. The lowest BCUT2D eigenvalue weighted by molar-refractivity contribution is -0.128. The van der Waals surface area contributed by atoms with Crippen molar-refractivity contribution < 1.29 is 19.1 Å². The number of esters is 1. The van der Waals surface area contributed by atoms with E-state index in [1.54, 1.807) is 4.90 Å². The largest absolute Gasteiger partial charge is 0.465 e. The molecule has 1 saturated heterocycles. The summed E-state index contributed by atoms with van der Waals surface area (Å²) < 4.78 is 4.89. The summed E-state index contributed by atoms with van der Waals surface area (Å²) in [4.78, 5) is 44.3. The highest BCUT2D eigenvalue weighted by Gasteiger charge is 2.40. The van der Waals surface area contributed by atoms with Crippen LogP contribution in [0.3, 0.4) is 0 Å². The molecule has 26 heavy (non-hydrogen) atoms. The van der Waals surface area contributed by atoms with Gasteiger partial charge in [-0.2, -0.15) is 0 Å². The van der Waals surface area contributed by atoms with Crippen molar-refractivity contribution in [3.63, 3.8) is 0 Å². The molecule has 4 rings (SSSR count). The lowest BCUT2D eigenvalue weighted by Crippen LogP contribution is -2.36. The molecule has 1 N–H and O–H groups in total. The predicted octanol–water partition coefficient (Wildman–Crippen LogP) is 2.06. The number of amidine groups is 1. The number of aryl methyl sites for hydroxylation is 1. The van der Waals surface area contributed by atoms with Crippen LogP contribution in [0.4, 0.5) is 5.00 Å². The number of ether oxygens (including phenoxy) is 1. The van der Waals surface area contributed by atoms with Crippen molar-refractivity contribution in [1.29, 1.82) is 0 Å². The van der Waals surface area contributed by atoms with Crippen LogP contribution in [0.5, 0.6) is 0 Å². The van der Waals surface area contributed by atoms with Crippen molar-refractivity contribution in [2.24, 2.45) is 4.99 Å². The Morgan fingerprint density at radius 2 is 2.19 bits per heavy atom. The van der Waals surface area contributed by atoms with Crippen molar-refractivity contribution >= 4 is 51.1 Å². The van der Waals surface area contributed by atoms with E-state index in [9.17, 15) is 14.4 Å². The number of nitrogens with zero attached hydrogens (tertiary/aromatic N) is 2. The van der Waals surface area contributed by atoms with Gasteiger partial charge in [-0.3, -0.25) is 19.5 Å². The van der Waals surface area contributed by atoms with Gasteiger partial charge >= 0.3 is 5.97 Å². The number of thioether (sulfide) groups is 1. The molecule has 1 unspecified atom stereocenters. The van der Waals surface area contributed by atoms with Crippen molar-refractivity contribution in [2.75, 3.05) is 25.5 Å². The maximum Gasteiger partial charge on any atom is 0.341 e. The molecule has 0 radical (unpaired) electrons. The number of rotatable bonds is 4. The molecule has 7 nitrogen and oxygen atoms in total. The number of anilines is 1. The molecule has 0 spiro atoms. The lowest BCUT2D eigenvalue weighted by atomic mass is 10.1. The second-order valence-corrected chi connectivity index (χ2v) is 8.69. The van der Waals surface area contributed by atoms with Gasteiger partial charge in [0.15, 0.2) is 5.17 Å². The molecule has 0 bridgehead atoms.